The highest BCUT2D eigenvalue weighted by Gasteiger charge is 2.44. The largest absolute Gasteiger partial charge is 0.481 e. The quantitative estimate of drug-likeness (QED) is 0.485. The Bertz CT molecular complexity index is 790. The second kappa shape index (κ2) is 7.56. The van der Waals surface area contributed by atoms with Crippen molar-refractivity contribution < 1.29 is 39.8 Å². The molecule has 2 aromatic carbocycles. The summed E-state index contributed by atoms with van der Waals surface area (Å²) in [4.78, 5) is 10.8. The number of carboxylic acid groups (broad SMARTS) is 1. The zero-order valence-electron chi connectivity index (χ0n) is 13.7. The molecule has 1 saturated heterocycles. The molecule has 1 aliphatic heterocycles. The molecule has 1 fully saturated rings. The van der Waals surface area contributed by atoms with Gasteiger partial charge in [0.05, 0.1) is 13.0 Å². The summed E-state index contributed by atoms with van der Waals surface area (Å²) in [6, 6.07) is 10.3. The number of aliphatic hydroxyl groups is 4. The molecule has 0 unspecified atom stereocenters. The van der Waals surface area contributed by atoms with Crippen molar-refractivity contribution in [1.82, 2.24) is 0 Å². The van der Waals surface area contributed by atoms with Crippen LogP contribution in [0, 0.1) is 0 Å². The van der Waals surface area contributed by atoms with Gasteiger partial charge in [-0.1, -0.05) is 24.3 Å². The molecule has 8 heteroatoms. The molecular formula is C18H20O8. The minimum atomic E-state index is -1.51. The van der Waals surface area contributed by atoms with E-state index in [4.69, 9.17) is 14.6 Å². The van der Waals surface area contributed by atoms with Gasteiger partial charge in [0.15, 0.2) is 0 Å². The van der Waals surface area contributed by atoms with Crippen LogP contribution >= 0.6 is 0 Å². The van der Waals surface area contributed by atoms with Crippen molar-refractivity contribution in [3.8, 4) is 5.75 Å². The fraction of sp³-hybridized carbons (Fsp3) is 0.389. The van der Waals surface area contributed by atoms with Gasteiger partial charge in [-0.15, -0.1) is 0 Å². The first-order chi connectivity index (χ1) is 12.4. The highest BCUT2D eigenvalue weighted by Crippen LogP contribution is 2.27. The first-order valence-corrected chi connectivity index (χ1v) is 8.10. The van der Waals surface area contributed by atoms with E-state index in [1.165, 1.54) is 0 Å². The molecule has 1 heterocycles. The molecule has 0 aromatic heterocycles. The number of carboxylic acids is 1. The average Bonchev–Trinajstić information content (AvgIpc) is 2.61. The smallest absolute Gasteiger partial charge is 0.307 e. The third-order valence-corrected chi connectivity index (χ3v) is 4.33. The summed E-state index contributed by atoms with van der Waals surface area (Å²) < 4.78 is 10.9. The number of aliphatic hydroxyl groups excluding tert-OH is 4. The van der Waals surface area contributed by atoms with Gasteiger partial charge < -0.3 is 35.0 Å². The number of ether oxygens (including phenoxy) is 2. The van der Waals surface area contributed by atoms with Gasteiger partial charge in [-0.2, -0.15) is 0 Å². The first kappa shape index (κ1) is 18.6. The third kappa shape index (κ3) is 3.79. The minimum Gasteiger partial charge on any atom is -0.481 e. The van der Waals surface area contributed by atoms with Gasteiger partial charge in [0.25, 0.3) is 0 Å². The summed E-state index contributed by atoms with van der Waals surface area (Å²) in [5.41, 5.74) is 0.674. The number of hydrogen-bond acceptors (Lipinski definition) is 7. The Hall–Kier alpha value is -2.23. The topological polar surface area (TPSA) is 137 Å². The van der Waals surface area contributed by atoms with E-state index in [-0.39, 0.29) is 6.42 Å². The van der Waals surface area contributed by atoms with E-state index in [1.54, 1.807) is 36.4 Å². The van der Waals surface area contributed by atoms with Crippen LogP contribution in [0.5, 0.6) is 5.75 Å². The lowest BCUT2D eigenvalue weighted by atomic mass is 9.99. The average molecular weight is 364 g/mol. The predicted molar refractivity (Wildman–Crippen MR) is 89.7 cm³/mol. The summed E-state index contributed by atoms with van der Waals surface area (Å²) >= 11 is 0. The Kier molecular flexibility index (Phi) is 5.40. The van der Waals surface area contributed by atoms with E-state index >= 15 is 0 Å². The van der Waals surface area contributed by atoms with Gasteiger partial charge >= 0.3 is 5.97 Å². The number of carbonyl (C=O) groups is 1. The Morgan fingerprint density at radius 2 is 1.69 bits per heavy atom. The van der Waals surface area contributed by atoms with Crippen LogP contribution in [-0.4, -0.2) is 68.8 Å². The highest BCUT2D eigenvalue weighted by molar-refractivity contribution is 5.85. The van der Waals surface area contributed by atoms with Gasteiger partial charge in [-0.05, 0) is 28.5 Å². The lowest BCUT2D eigenvalue weighted by molar-refractivity contribution is -0.277. The van der Waals surface area contributed by atoms with Crippen LogP contribution in [0.4, 0.5) is 0 Å². The number of aliphatic carboxylic acids is 1. The van der Waals surface area contributed by atoms with Gasteiger partial charge in [0.2, 0.25) is 6.29 Å². The van der Waals surface area contributed by atoms with Crippen molar-refractivity contribution in [3.05, 3.63) is 42.0 Å². The van der Waals surface area contributed by atoms with Crippen LogP contribution in [0.3, 0.4) is 0 Å². The van der Waals surface area contributed by atoms with Gasteiger partial charge in [0, 0.05) is 0 Å². The van der Waals surface area contributed by atoms with Crippen LogP contribution in [0.25, 0.3) is 10.8 Å². The van der Waals surface area contributed by atoms with Crippen molar-refractivity contribution in [1.29, 1.82) is 0 Å². The molecule has 0 spiro atoms. The first-order valence-electron chi connectivity index (χ1n) is 8.10. The monoisotopic (exact) mass is 364 g/mol. The Labute approximate surface area is 148 Å². The summed E-state index contributed by atoms with van der Waals surface area (Å²) in [6.07, 6.45) is -6.81. The van der Waals surface area contributed by atoms with Crippen molar-refractivity contribution in [2.45, 2.75) is 37.1 Å². The third-order valence-electron chi connectivity index (χ3n) is 4.33. The molecule has 0 aliphatic carbocycles. The standard InChI is InChI=1S/C18H20O8/c19-8-13-15(22)16(23)17(24)18(26-13)25-12-4-3-10-5-9(6-14(20)21)1-2-11(10)7-12/h1-5,7,13,15-19,22-24H,6,8H2,(H,20,21)/t13-,15+,16+,17-,18-/m1/s1. The van der Waals surface area contributed by atoms with Crippen LogP contribution < -0.4 is 4.74 Å². The molecule has 0 saturated carbocycles. The molecule has 0 radical (unpaired) electrons. The SMILES string of the molecule is O=C(O)Cc1ccc2cc(O[C@@H]3O[C@H](CO)[C@H](O)[C@H](O)[C@H]3O)ccc2c1. The molecule has 0 bridgehead atoms. The van der Waals surface area contributed by atoms with E-state index in [0.717, 1.165) is 10.8 Å². The van der Waals surface area contributed by atoms with Crippen molar-refractivity contribution >= 4 is 16.7 Å². The normalized spacial score (nSPS) is 28.8. The molecular weight excluding hydrogens is 344 g/mol. The Balaban J connectivity index is 1.79. The second-order valence-corrected chi connectivity index (χ2v) is 6.23. The van der Waals surface area contributed by atoms with Crippen LogP contribution in [-0.2, 0) is 16.0 Å². The molecule has 5 atom stereocenters. The Morgan fingerprint density at radius 3 is 2.38 bits per heavy atom. The molecule has 3 rings (SSSR count). The molecule has 1 aliphatic rings. The lowest BCUT2D eigenvalue weighted by Crippen LogP contribution is -2.60. The van der Waals surface area contributed by atoms with Gasteiger partial charge in [0.1, 0.15) is 30.2 Å². The fourth-order valence-corrected chi connectivity index (χ4v) is 2.93. The minimum absolute atomic E-state index is 0.0704. The van der Waals surface area contributed by atoms with E-state index in [2.05, 4.69) is 0 Å². The van der Waals surface area contributed by atoms with Crippen molar-refractivity contribution in [2.75, 3.05) is 6.61 Å². The number of hydrogen-bond donors (Lipinski definition) is 5. The van der Waals surface area contributed by atoms with Crippen LogP contribution in [0.2, 0.25) is 0 Å². The zero-order chi connectivity index (χ0) is 18.8. The lowest BCUT2D eigenvalue weighted by Gasteiger charge is -2.39. The predicted octanol–water partition coefficient (Wildman–Crippen LogP) is -0.354. The molecule has 2 aromatic rings. The zero-order valence-corrected chi connectivity index (χ0v) is 13.7. The van der Waals surface area contributed by atoms with E-state index in [9.17, 15) is 25.2 Å². The summed E-state index contributed by atoms with van der Waals surface area (Å²) in [7, 11) is 0. The maximum Gasteiger partial charge on any atom is 0.307 e. The van der Waals surface area contributed by atoms with Crippen LogP contribution in [0.1, 0.15) is 5.56 Å². The van der Waals surface area contributed by atoms with E-state index in [1.807, 2.05) is 0 Å². The highest BCUT2D eigenvalue weighted by atomic mass is 16.7. The summed E-state index contributed by atoms with van der Waals surface area (Å²) in [5, 5.41) is 49.3. The molecule has 140 valence electrons. The Morgan fingerprint density at radius 1 is 1.00 bits per heavy atom. The van der Waals surface area contributed by atoms with Crippen molar-refractivity contribution in [3.63, 3.8) is 0 Å². The number of benzene rings is 2. The summed E-state index contributed by atoms with van der Waals surface area (Å²) in [6.45, 7) is -0.533. The molecule has 5 N–H and O–H groups in total. The molecule has 8 nitrogen and oxygen atoms in total. The fourth-order valence-electron chi connectivity index (χ4n) is 2.93. The van der Waals surface area contributed by atoms with Crippen LogP contribution in [0.15, 0.2) is 36.4 Å². The maximum atomic E-state index is 10.8. The summed E-state index contributed by atoms with van der Waals surface area (Å²) in [5.74, 6) is -0.556. The second-order valence-electron chi connectivity index (χ2n) is 6.23. The number of fused-ring (bicyclic) bond motifs is 1. The molecule has 26 heavy (non-hydrogen) atoms. The molecule has 0 amide bonds. The maximum absolute atomic E-state index is 10.8. The van der Waals surface area contributed by atoms with Gasteiger partial charge in [-0.25, -0.2) is 0 Å². The van der Waals surface area contributed by atoms with Crippen molar-refractivity contribution in [2.24, 2.45) is 0 Å². The number of rotatable bonds is 5. The van der Waals surface area contributed by atoms with E-state index < -0.39 is 43.3 Å². The van der Waals surface area contributed by atoms with E-state index in [0.29, 0.717) is 11.3 Å². The van der Waals surface area contributed by atoms with Gasteiger partial charge in [-0.3, -0.25) is 4.79 Å².